The first kappa shape index (κ1) is 24.8. The number of esters is 1. The van der Waals surface area contributed by atoms with E-state index in [4.69, 9.17) is 9.47 Å². The van der Waals surface area contributed by atoms with Crippen molar-refractivity contribution in [3.8, 4) is 5.75 Å². The van der Waals surface area contributed by atoms with E-state index in [0.717, 1.165) is 15.6 Å². The van der Waals surface area contributed by atoms with Gasteiger partial charge in [0.1, 0.15) is 12.4 Å². The molecule has 1 aliphatic rings. The molecular formula is C27H23BrN2O4S. The minimum atomic E-state index is -0.375. The smallest absolute Gasteiger partial charge is 0.338 e. The maximum Gasteiger partial charge on any atom is 0.338 e. The van der Waals surface area contributed by atoms with Gasteiger partial charge in [-0.3, -0.25) is 9.69 Å². The van der Waals surface area contributed by atoms with Crippen molar-refractivity contribution in [1.29, 1.82) is 0 Å². The summed E-state index contributed by atoms with van der Waals surface area (Å²) >= 11 is 4.73. The summed E-state index contributed by atoms with van der Waals surface area (Å²) in [6.07, 6.45) is 1.83. The van der Waals surface area contributed by atoms with Gasteiger partial charge in [-0.05, 0) is 72.8 Å². The average Bonchev–Trinajstić information content (AvgIpc) is 3.12. The summed E-state index contributed by atoms with van der Waals surface area (Å²) in [5.74, 6) is 0.180. The standard InChI is InChI=1S/C27H23BrN2O4S/c1-3-33-26(32)19-10-14-22(15-11-19)29-27-30(2)25(31)24(35-27)16-20-6-4-5-7-23(20)34-17-18-8-12-21(28)13-9-18/h4-16H,3,17H2,1-2H3. The van der Waals surface area contributed by atoms with Crippen LogP contribution in [-0.2, 0) is 16.1 Å². The third-order valence-corrected chi connectivity index (χ3v) is 6.71. The summed E-state index contributed by atoms with van der Waals surface area (Å²) in [7, 11) is 1.69. The molecule has 1 saturated heterocycles. The van der Waals surface area contributed by atoms with E-state index in [0.29, 0.717) is 40.3 Å². The Hall–Kier alpha value is -3.36. The van der Waals surface area contributed by atoms with Gasteiger partial charge in [0, 0.05) is 17.1 Å². The van der Waals surface area contributed by atoms with Crippen molar-refractivity contribution >= 4 is 56.5 Å². The highest BCUT2D eigenvalue weighted by Gasteiger charge is 2.30. The Labute approximate surface area is 216 Å². The molecule has 0 atom stereocenters. The molecule has 1 aliphatic heterocycles. The van der Waals surface area contributed by atoms with Crippen molar-refractivity contribution in [2.75, 3.05) is 13.7 Å². The number of benzene rings is 3. The Kier molecular flexibility index (Phi) is 8.05. The molecular weight excluding hydrogens is 528 g/mol. The highest BCUT2D eigenvalue weighted by atomic mass is 79.9. The predicted octanol–water partition coefficient (Wildman–Crippen LogP) is 6.44. The zero-order valence-corrected chi connectivity index (χ0v) is 21.6. The minimum absolute atomic E-state index is 0.139. The average molecular weight is 551 g/mol. The van der Waals surface area contributed by atoms with Crippen LogP contribution in [0.4, 0.5) is 5.69 Å². The molecule has 1 amide bonds. The van der Waals surface area contributed by atoms with E-state index in [1.165, 1.54) is 16.7 Å². The van der Waals surface area contributed by atoms with Gasteiger partial charge in [-0.15, -0.1) is 0 Å². The van der Waals surface area contributed by atoms with Crippen molar-refractivity contribution in [3.63, 3.8) is 0 Å². The normalized spacial score (nSPS) is 15.6. The molecule has 8 heteroatoms. The molecule has 0 saturated carbocycles. The summed E-state index contributed by atoms with van der Waals surface area (Å²) < 4.78 is 12.1. The number of hydrogen-bond donors (Lipinski definition) is 0. The summed E-state index contributed by atoms with van der Waals surface area (Å²) in [5.41, 5.74) is 2.96. The van der Waals surface area contributed by atoms with Crippen LogP contribution >= 0.6 is 27.7 Å². The second-order valence-electron chi connectivity index (χ2n) is 7.59. The summed E-state index contributed by atoms with van der Waals surface area (Å²) in [4.78, 5) is 31.4. The predicted molar refractivity (Wildman–Crippen MR) is 143 cm³/mol. The quantitative estimate of drug-likeness (QED) is 0.250. The molecule has 0 N–H and O–H groups in total. The molecule has 0 unspecified atom stereocenters. The number of carbonyl (C=O) groups excluding carboxylic acids is 2. The SMILES string of the molecule is CCOC(=O)c1ccc(N=C2SC(=Cc3ccccc3OCc3ccc(Br)cc3)C(=O)N2C)cc1. The molecule has 0 spiro atoms. The van der Waals surface area contributed by atoms with E-state index in [1.54, 1.807) is 38.2 Å². The fraction of sp³-hybridized carbons (Fsp3) is 0.148. The zero-order chi connectivity index (χ0) is 24.8. The van der Waals surface area contributed by atoms with Crippen LogP contribution < -0.4 is 4.74 Å². The van der Waals surface area contributed by atoms with Crippen LogP contribution in [0.5, 0.6) is 5.75 Å². The molecule has 178 valence electrons. The van der Waals surface area contributed by atoms with Crippen LogP contribution in [0.3, 0.4) is 0 Å². The fourth-order valence-corrected chi connectivity index (χ4v) is 4.50. The number of carbonyl (C=O) groups is 2. The van der Waals surface area contributed by atoms with Gasteiger partial charge < -0.3 is 9.47 Å². The highest BCUT2D eigenvalue weighted by molar-refractivity contribution is 9.10. The maximum atomic E-state index is 12.9. The zero-order valence-electron chi connectivity index (χ0n) is 19.2. The lowest BCUT2D eigenvalue weighted by Gasteiger charge is -2.10. The third kappa shape index (κ3) is 6.21. The number of likely N-dealkylation sites (N-methyl/N-ethyl adjacent to an activating group) is 1. The molecule has 3 aromatic rings. The second-order valence-corrected chi connectivity index (χ2v) is 9.51. The van der Waals surface area contributed by atoms with E-state index in [9.17, 15) is 9.59 Å². The Balaban J connectivity index is 1.51. The Morgan fingerprint density at radius 1 is 1.06 bits per heavy atom. The van der Waals surface area contributed by atoms with Crippen molar-refractivity contribution in [3.05, 3.63) is 98.9 Å². The van der Waals surface area contributed by atoms with Crippen LogP contribution in [0.25, 0.3) is 6.08 Å². The van der Waals surface area contributed by atoms with E-state index < -0.39 is 0 Å². The van der Waals surface area contributed by atoms with Crippen molar-refractivity contribution < 1.29 is 19.1 Å². The minimum Gasteiger partial charge on any atom is -0.488 e. The Morgan fingerprint density at radius 3 is 2.49 bits per heavy atom. The van der Waals surface area contributed by atoms with Gasteiger partial charge in [0.2, 0.25) is 0 Å². The van der Waals surface area contributed by atoms with Gasteiger partial charge in [0.25, 0.3) is 5.91 Å². The monoisotopic (exact) mass is 550 g/mol. The van der Waals surface area contributed by atoms with Gasteiger partial charge >= 0.3 is 5.97 Å². The number of halogens is 1. The second kappa shape index (κ2) is 11.4. The van der Waals surface area contributed by atoms with E-state index in [-0.39, 0.29) is 11.9 Å². The molecule has 0 aliphatic carbocycles. The lowest BCUT2D eigenvalue weighted by molar-refractivity contribution is -0.121. The molecule has 0 radical (unpaired) electrons. The van der Waals surface area contributed by atoms with Crippen LogP contribution in [0.15, 0.2) is 87.2 Å². The van der Waals surface area contributed by atoms with Crippen LogP contribution in [0.1, 0.15) is 28.4 Å². The number of para-hydroxylation sites is 1. The lowest BCUT2D eigenvalue weighted by Crippen LogP contribution is -2.23. The van der Waals surface area contributed by atoms with E-state index in [1.807, 2.05) is 54.6 Å². The number of thioether (sulfide) groups is 1. The third-order valence-electron chi connectivity index (χ3n) is 5.12. The fourth-order valence-electron chi connectivity index (χ4n) is 3.26. The van der Waals surface area contributed by atoms with Crippen LogP contribution in [0, 0.1) is 0 Å². The molecule has 3 aromatic carbocycles. The van der Waals surface area contributed by atoms with Crippen molar-refractivity contribution in [2.24, 2.45) is 4.99 Å². The highest BCUT2D eigenvalue weighted by Crippen LogP contribution is 2.35. The number of amidine groups is 1. The van der Waals surface area contributed by atoms with Crippen LogP contribution in [-0.4, -0.2) is 35.6 Å². The Bertz CT molecular complexity index is 1290. The molecule has 6 nitrogen and oxygen atoms in total. The molecule has 1 heterocycles. The van der Waals surface area contributed by atoms with Gasteiger partial charge in [0.05, 0.1) is 22.8 Å². The first-order valence-electron chi connectivity index (χ1n) is 10.9. The largest absolute Gasteiger partial charge is 0.488 e. The van der Waals surface area contributed by atoms with E-state index in [2.05, 4.69) is 20.9 Å². The number of nitrogens with zero attached hydrogens (tertiary/aromatic N) is 2. The molecule has 1 fully saturated rings. The van der Waals surface area contributed by atoms with Gasteiger partial charge in [0.15, 0.2) is 5.17 Å². The summed E-state index contributed by atoms with van der Waals surface area (Å²) in [5, 5.41) is 0.554. The first-order valence-corrected chi connectivity index (χ1v) is 12.6. The molecule has 0 bridgehead atoms. The number of aliphatic imine (C=N–C) groups is 1. The first-order chi connectivity index (χ1) is 16.9. The van der Waals surface area contributed by atoms with Gasteiger partial charge in [-0.1, -0.05) is 46.3 Å². The van der Waals surface area contributed by atoms with Crippen LogP contribution in [0.2, 0.25) is 0 Å². The van der Waals surface area contributed by atoms with Gasteiger partial charge in [-0.2, -0.15) is 0 Å². The molecule has 35 heavy (non-hydrogen) atoms. The van der Waals surface area contributed by atoms with Crippen molar-refractivity contribution in [2.45, 2.75) is 13.5 Å². The molecule has 0 aromatic heterocycles. The lowest BCUT2D eigenvalue weighted by atomic mass is 10.2. The Morgan fingerprint density at radius 2 is 1.77 bits per heavy atom. The molecule has 4 rings (SSSR count). The number of rotatable bonds is 7. The summed E-state index contributed by atoms with van der Waals surface area (Å²) in [6.45, 7) is 2.50. The maximum absolute atomic E-state index is 12.9. The number of amides is 1. The number of hydrogen-bond acceptors (Lipinski definition) is 6. The van der Waals surface area contributed by atoms with Gasteiger partial charge in [-0.25, -0.2) is 9.79 Å². The summed E-state index contributed by atoms with van der Waals surface area (Å²) in [6, 6.07) is 22.3. The topological polar surface area (TPSA) is 68.2 Å². The van der Waals surface area contributed by atoms with E-state index >= 15 is 0 Å². The number of ether oxygens (including phenoxy) is 2. The van der Waals surface area contributed by atoms with Crippen molar-refractivity contribution in [1.82, 2.24) is 4.90 Å².